The van der Waals surface area contributed by atoms with Gasteiger partial charge in [0.25, 0.3) is 5.91 Å². The van der Waals surface area contributed by atoms with Crippen molar-refractivity contribution in [3.63, 3.8) is 0 Å². The summed E-state index contributed by atoms with van der Waals surface area (Å²) in [6.07, 6.45) is 1.91. The fraction of sp³-hybridized carbons (Fsp3) is 0.182. The molecule has 138 valence electrons. The number of nitrogens with zero attached hydrogens (tertiary/aromatic N) is 4. The number of carbonyl (C=O) groups is 1. The summed E-state index contributed by atoms with van der Waals surface area (Å²) in [5, 5.41) is 12.1. The molecule has 6 heteroatoms. The highest BCUT2D eigenvalue weighted by Gasteiger charge is 2.24. The van der Waals surface area contributed by atoms with Gasteiger partial charge < -0.3 is 10.2 Å². The molecule has 1 aliphatic rings. The summed E-state index contributed by atoms with van der Waals surface area (Å²) >= 11 is 0. The number of rotatable bonds is 3. The van der Waals surface area contributed by atoms with E-state index in [0.717, 1.165) is 24.2 Å². The lowest BCUT2D eigenvalue weighted by Gasteiger charge is -2.29. The van der Waals surface area contributed by atoms with Gasteiger partial charge in [-0.1, -0.05) is 18.2 Å². The van der Waals surface area contributed by atoms with Crippen molar-refractivity contribution in [2.75, 3.05) is 16.8 Å². The quantitative estimate of drug-likeness (QED) is 0.755. The number of nitrogens with one attached hydrogen (secondary N) is 1. The second-order valence-corrected chi connectivity index (χ2v) is 6.69. The van der Waals surface area contributed by atoms with Gasteiger partial charge in [-0.25, -0.2) is 9.97 Å². The molecule has 4 rings (SSSR count). The van der Waals surface area contributed by atoms with Crippen molar-refractivity contribution in [1.82, 2.24) is 9.97 Å². The average molecular weight is 369 g/mol. The molecule has 0 saturated carbocycles. The van der Waals surface area contributed by atoms with Crippen LogP contribution in [0.4, 0.5) is 17.2 Å². The van der Waals surface area contributed by atoms with Crippen molar-refractivity contribution in [1.29, 1.82) is 5.26 Å². The molecule has 0 bridgehead atoms. The highest BCUT2D eigenvalue weighted by Crippen LogP contribution is 2.28. The molecule has 1 aromatic heterocycles. The van der Waals surface area contributed by atoms with Crippen LogP contribution in [0.3, 0.4) is 0 Å². The van der Waals surface area contributed by atoms with Crippen molar-refractivity contribution >= 4 is 23.1 Å². The summed E-state index contributed by atoms with van der Waals surface area (Å²) < 4.78 is 0. The van der Waals surface area contributed by atoms with E-state index in [9.17, 15) is 4.79 Å². The van der Waals surface area contributed by atoms with E-state index in [0.29, 0.717) is 29.4 Å². The van der Waals surface area contributed by atoms with Gasteiger partial charge >= 0.3 is 0 Å². The van der Waals surface area contributed by atoms with Crippen molar-refractivity contribution in [3.8, 4) is 6.07 Å². The van der Waals surface area contributed by atoms with Crippen LogP contribution in [0.2, 0.25) is 0 Å². The van der Waals surface area contributed by atoms with Gasteiger partial charge in [0, 0.05) is 24.0 Å². The zero-order valence-electron chi connectivity index (χ0n) is 15.5. The molecule has 0 aliphatic carbocycles. The Morgan fingerprint density at radius 3 is 2.71 bits per heavy atom. The molecule has 0 radical (unpaired) electrons. The smallest absolute Gasteiger partial charge is 0.277 e. The molecule has 2 aromatic carbocycles. The predicted molar refractivity (Wildman–Crippen MR) is 108 cm³/mol. The van der Waals surface area contributed by atoms with Crippen LogP contribution in [0.1, 0.15) is 33.9 Å². The maximum absolute atomic E-state index is 13.2. The Hall–Kier alpha value is -3.72. The number of anilines is 3. The largest absolute Gasteiger partial charge is 0.340 e. The fourth-order valence-corrected chi connectivity index (χ4v) is 3.40. The topological polar surface area (TPSA) is 81.9 Å². The normalized spacial score (nSPS) is 12.8. The van der Waals surface area contributed by atoms with Gasteiger partial charge in [0.05, 0.1) is 11.6 Å². The summed E-state index contributed by atoms with van der Waals surface area (Å²) in [7, 11) is 0. The minimum atomic E-state index is -0.125. The predicted octanol–water partition coefficient (Wildman–Crippen LogP) is 3.99. The maximum Gasteiger partial charge on any atom is 0.277 e. The third kappa shape index (κ3) is 3.55. The molecule has 1 N–H and O–H groups in total. The fourth-order valence-electron chi connectivity index (χ4n) is 3.40. The van der Waals surface area contributed by atoms with Crippen LogP contribution >= 0.6 is 0 Å². The van der Waals surface area contributed by atoms with Crippen LogP contribution in [0.25, 0.3) is 0 Å². The van der Waals surface area contributed by atoms with E-state index in [1.54, 1.807) is 42.2 Å². The van der Waals surface area contributed by atoms with Gasteiger partial charge in [-0.2, -0.15) is 5.26 Å². The lowest BCUT2D eigenvalue weighted by atomic mass is 10.0. The minimum absolute atomic E-state index is 0.125. The lowest BCUT2D eigenvalue weighted by Crippen LogP contribution is -2.36. The van der Waals surface area contributed by atoms with E-state index in [2.05, 4.69) is 27.4 Å². The van der Waals surface area contributed by atoms with Gasteiger partial charge in [-0.05, 0) is 55.7 Å². The van der Waals surface area contributed by atoms with Crippen molar-refractivity contribution < 1.29 is 4.79 Å². The molecule has 28 heavy (non-hydrogen) atoms. The van der Waals surface area contributed by atoms with E-state index in [1.807, 2.05) is 18.2 Å². The Morgan fingerprint density at radius 2 is 1.93 bits per heavy atom. The van der Waals surface area contributed by atoms with Crippen LogP contribution < -0.4 is 10.2 Å². The molecule has 6 nitrogen and oxygen atoms in total. The van der Waals surface area contributed by atoms with Crippen LogP contribution in [0.5, 0.6) is 0 Å². The van der Waals surface area contributed by atoms with Crippen LogP contribution in [0.15, 0.2) is 54.6 Å². The van der Waals surface area contributed by atoms with E-state index in [4.69, 9.17) is 5.26 Å². The molecular weight excluding hydrogens is 350 g/mol. The van der Waals surface area contributed by atoms with E-state index >= 15 is 0 Å². The summed E-state index contributed by atoms with van der Waals surface area (Å²) in [5.41, 5.74) is 3.88. The Labute approximate surface area is 163 Å². The molecule has 0 spiro atoms. The Bertz CT molecular complexity index is 1070. The standard InChI is InChI=1S/C22H19N5O/c1-15-24-19(13-21(25-15)26-18-10-8-16(14-23)9-11-18)22(28)27-12-4-6-17-5-2-3-7-20(17)27/h2-3,5,7-11,13H,4,6,12H2,1H3,(H,24,25,26). The van der Waals surface area contributed by atoms with Gasteiger partial charge in [0.15, 0.2) is 0 Å². The van der Waals surface area contributed by atoms with Crippen molar-refractivity contribution in [2.45, 2.75) is 19.8 Å². The zero-order chi connectivity index (χ0) is 19.5. The number of nitriles is 1. The van der Waals surface area contributed by atoms with Gasteiger partial charge in [-0.15, -0.1) is 0 Å². The maximum atomic E-state index is 13.2. The zero-order valence-corrected chi connectivity index (χ0v) is 15.5. The number of fused-ring (bicyclic) bond motifs is 1. The van der Waals surface area contributed by atoms with Crippen molar-refractivity contribution in [3.05, 3.63) is 77.2 Å². The Kier molecular flexibility index (Phi) is 4.73. The second-order valence-electron chi connectivity index (χ2n) is 6.69. The molecule has 0 fully saturated rings. The third-order valence-corrected chi connectivity index (χ3v) is 4.70. The summed E-state index contributed by atoms with van der Waals surface area (Å²) in [6, 6.07) is 18.8. The summed E-state index contributed by atoms with van der Waals surface area (Å²) in [5.74, 6) is 0.943. The monoisotopic (exact) mass is 369 g/mol. The number of hydrogen-bond acceptors (Lipinski definition) is 5. The molecule has 3 aromatic rings. The first-order valence-electron chi connectivity index (χ1n) is 9.17. The number of amides is 1. The highest BCUT2D eigenvalue weighted by molar-refractivity contribution is 6.05. The number of aryl methyl sites for hydroxylation is 2. The number of benzene rings is 2. The SMILES string of the molecule is Cc1nc(Nc2ccc(C#N)cc2)cc(C(=O)N2CCCc3ccccc32)n1. The molecule has 0 atom stereocenters. The first-order valence-corrected chi connectivity index (χ1v) is 9.17. The highest BCUT2D eigenvalue weighted by atomic mass is 16.2. The first-order chi connectivity index (χ1) is 13.6. The van der Waals surface area contributed by atoms with Crippen LogP contribution in [0, 0.1) is 18.3 Å². The van der Waals surface area contributed by atoms with Gasteiger partial charge in [-0.3, -0.25) is 4.79 Å². The molecule has 1 aliphatic heterocycles. The third-order valence-electron chi connectivity index (χ3n) is 4.70. The lowest BCUT2D eigenvalue weighted by molar-refractivity contribution is 0.0980. The number of hydrogen-bond donors (Lipinski definition) is 1. The van der Waals surface area contributed by atoms with Gasteiger partial charge in [0.2, 0.25) is 0 Å². The van der Waals surface area contributed by atoms with Gasteiger partial charge in [0.1, 0.15) is 17.3 Å². The number of para-hydroxylation sites is 1. The molecule has 0 saturated heterocycles. The van der Waals surface area contributed by atoms with E-state index < -0.39 is 0 Å². The number of aromatic nitrogens is 2. The minimum Gasteiger partial charge on any atom is -0.340 e. The molecular formula is C22H19N5O. The van der Waals surface area contributed by atoms with Crippen LogP contribution in [-0.4, -0.2) is 22.4 Å². The van der Waals surface area contributed by atoms with Crippen molar-refractivity contribution in [2.24, 2.45) is 0 Å². The summed E-state index contributed by atoms with van der Waals surface area (Å²) in [4.78, 5) is 23.7. The second kappa shape index (κ2) is 7.49. The van der Waals surface area contributed by atoms with E-state index in [1.165, 1.54) is 5.56 Å². The first kappa shape index (κ1) is 17.7. The average Bonchev–Trinajstić information content (AvgIpc) is 2.73. The van der Waals surface area contributed by atoms with E-state index in [-0.39, 0.29) is 5.91 Å². The number of carbonyl (C=O) groups excluding carboxylic acids is 1. The molecule has 2 heterocycles. The molecule has 1 amide bonds. The molecule has 0 unspecified atom stereocenters. The Morgan fingerprint density at radius 1 is 1.14 bits per heavy atom. The van der Waals surface area contributed by atoms with Crippen LogP contribution in [-0.2, 0) is 6.42 Å². The summed E-state index contributed by atoms with van der Waals surface area (Å²) in [6.45, 7) is 2.45. The Balaban J connectivity index is 1.62.